The molecule has 0 spiro atoms. The van der Waals surface area contributed by atoms with Crippen molar-refractivity contribution in [3.05, 3.63) is 107 Å². The molecule has 0 aliphatic heterocycles. The minimum Gasteiger partial charge on any atom is -0.504 e. The van der Waals surface area contributed by atoms with E-state index in [1.54, 1.807) is 0 Å². The summed E-state index contributed by atoms with van der Waals surface area (Å²) in [6.45, 7) is 0.614. The van der Waals surface area contributed by atoms with E-state index < -0.39 is 0 Å². The molecular formula is C24H23N5O2. The van der Waals surface area contributed by atoms with Crippen molar-refractivity contribution in [3.63, 3.8) is 0 Å². The molecule has 0 atom stereocenters. The predicted molar refractivity (Wildman–Crippen MR) is 120 cm³/mol. The third-order valence-electron chi connectivity index (χ3n) is 5.01. The van der Waals surface area contributed by atoms with Gasteiger partial charge in [-0.2, -0.15) is 5.10 Å². The van der Waals surface area contributed by atoms with Crippen LogP contribution in [-0.4, -0.2) is 30.6 Å². The van der Waals surface area contributed by atoms with Crippen LogP contribution < -0.4 is 5.73 Å². The fraction of sp³-hybridized carbons (Fsp3) is 0.125. The number of rotatable bonds is 8. The van der Waals surface area contributed by atoms with Gasteiger partial charge in [0.15, 0.2) is 11.5 Å². The Morgan fingerprint density at radius 2 is 1.81 bits per heavy atom. The number of ketones is 1. The van der Waals surface area contributed by atoms with Gasteiger partial charge in [0.2, 0.25) is 5.82 Å². The molecule has 0 radical (unpaired) electrons. The smallest absolute Gasteiger partial charge is 0.215 e. The Morgan fingerprint density at radius 3 is 2.52 bits per heavy atom. The molecule has 2 aromatic heterocycles. The number of nitrogens with zero attached hydrogens (tertiary/aromatic N) is 3. The molecule has 7 heteroatoms. The number of aromatic nitrogens is 4. The van der Waals surface area contributed by atoms with Crippen molar-refractivity contribution >= 4 is 17.2 Å². The van der Waals surface area contributed by atoms with Crippen molar-refractivity contribution in [1.82, 2.24) is 19.7 Å². The van der Waals surface area contributed by atoms with Crippen molar-refractivity contribution < 1.29 is 9.90 Å². The number of aryl methyl sites for hydroxylation is 2. The largest absolute Gasteiger partial charge is 0.504 e. The van der Waals surface area contributed by atoms with E-state index in [1.807, 2.05) is 59.4 Å². The predicted octanol–water partition coefficient (Wildman–Crippen LogP) is 3.80. The summed E-state index contributed by atoms with van der Waals surface area (Å²) in [6.07, 6.45) is 7.83. The maximum atomic E-state index is 13.0. The van der Waals surface area contributed by atoms with Gasteiger partial charge >= 0.3 is 0 Å². The highest BCUT2D eigenvalue weighted by Crippen LogP contribution is 2.19. The van der Waals surface area contributed by atoms with E-state index in [4.69, 9.17) is 5.73 Å². The molecule has 0 unspecified atom stereocenters. The zero-order valence-corrected chi connectivity index (χ0v) is 16.9. The van der Waals surface area contributed by atoms with Crippen molar-refractivity contribution in [2.45, 2.75) is 19.4 Å². The van der Waals surface area contributed by atoms with E-state index in [1.165, 1.54) is 11.9 Å². The second-order valence-corrected chi connectivity index (χ2v) is 7.31. The first-order chi connectivity index (χ1) is 15.1. The lowest BCUT2D eigenvalue weighted by atomic mass is 10.0. The van der Waals surface area contributed by atoms with Crippen LogP contribution in [0.3, 0.4) is 0 Å². The van der Waals surface area contributed by atoms with Gasteiger partial charge in [-0.15, -0.1) is 0 Å². The quantitative estimate of drug-likeness (QED) is 0.176. The van der Waals surface area contributed by atoms with E-state index in [0.29, 0.717) is 24.2 Å². The van der Waals surface area contributed by atoms with Gasteiger partial charge in [-0.05, 0) is 41.7 Å². The van der Waals surface area contributed by atoms with Crippen LogP contribution >= 0.6 is 0 Å². The molecule has 0 amide bonds. The molecular weight excluding hydrogens is 390 g/mol. The summed E-state index contributed by atoms with van der Waals surface area (Å²) in [7, 11) is 0. The summed E-state index contributed by atoms with van der Waals surface area (Å²) in [5, 5.41) is 16.5. The molecule has 0 fully saturated rings. The number of hydrogen-bond acceptors (Lipinski definition) is 5. The Labute approximate surface area is 179 Å². The highest BCUT2D eigenvalue weighted by atomic mass is 16.3. The Balaban J connectivity index is 1.60. The van der Waals surface area contributed by atoms with Crippen LogP contribution in [0.5, 0.6) is 0 Å². The molecule has 2 aromatic carbocycles. The van der Waals surface area contributed by atoms with E-state index in [9.17, 15) is 9.90 Å². The number of nitrogens with two attached hydrogens (primary N) is 1. The summed E-state index contributed by atoms with van der Waals surface area (Å²) in [5.74, 6) is -0.478. The fourth-order valence-electron chi connectivity index (χ4n) is 3.42. The molecule has 4 aromatic rings. The van der Waals surface area contributed by atoms with Crippen molar-refractivity contribution in [3.8, 4) is 0 Å². The number of aliphatic hydroxyl groups is 1. The topological polar surface area (TPSA) is 110 Å². The zero-order valence-electron chi connectivity index (χ0n) is 16.9. The van der Waals surface area contributed by atoms with Crippen LogP contribution in [0.15, 0.2) is 79.4 Å². The maximum Gasteiger partial charge on any atom is 0.215 e. The normalized spacial score (nSPS) is 11.5. The number of aliphatic hydroxyl groups excluding tert-OH is 1. The molecule has 0 saturated heterocycles. The highest BCUT2D eigenvalue weighted by Gasteiger charge is 2.16. The maximum absolute atomic E-state index is 13.0. The van der Waals surface area contributed by atoms with Gasteiger partial charge in [-0.1, -0.05) is 42.5 Å². The SMILES string of the molecule is Nc1ccc(Cn2cc(CCc3ccccc3)c(C(=O)C=C(O)c3nc[nH]n3)c2)cc1. The monoisotopic (exact) mass is 413 g/mol. The minimum absolute atomic E-state index is 0.0838. The van der Waals surface area contributed by atoms with Crippen LogP contribution in [0.2, 0.25) is 0 Å². The Bertz CT molecular complexity index is 1180. The second kappa shape index (κ2) is 9.13. The van der Waals surface area contributed by atoms with Crippen molar-refractivity contribution in [1.29, 1.82) is 0 Å². The summed E-state index contributed by atoms with van der Waals surface area (Å²) < 4.78 is 1.98. The average molecular weight is 413 g/mol. The number of anilines is 1. The van der Waals surface area contributed by atoms with Crippen LogP contribution in [0, 0.1) is 0 Å². The molecule has 4 rings (SSSR count). The number of H-pyrrole nitrogens is 1. The standard InChI is InChI=1S/C24H23N5O2/c25-20-10-7-18(8-11-20)13-29-14-19(9-6-17-4-2-1-3-5-17)21(15-29)22(30)12-23(31)24-26-16-27-28-24/h1-5,7-8,10-12,14-16,31H,6,9,13,25H2,(H,26,27,28). The highest BCUT2D eigenvalue weighted by molar-refractivity contribution is 6.08. The summed E-state index contributed by atoms with van der Waals surface area (Å²) >= 11 is 0. The first kappa shape index (κ1) is 20.2. The molecule has 2 heterocycles. The second-order valence-electron chi connectivity index (χ2n) is 7.31. The van der Waals surface area contributed by atoms with E-state index in [2.05, 4.69) is 27.3 Å². The summed E-state index contributed by atoms with van der Waals surface area (Å²) in [5.41, 5.74) is 10.2. The van der Waals surface area contributed by atoms with Gasteiger partial charge < -0.3 is 15.4 Å². The van der Waals surface area contributed by atoms with Gasteiger partial charge in [-0.3, -0.25) is 9.89 Å². The Kier molecular flexibility index (Phi) is 5.93. The zero-order chi connectivity index (χ0) is 21.6. The first-order valence-electron chi connectivity index (χ1n) is 9.96. The summed E-state index contributed by atoms with van der Waals surface area (Å²) in [4.78, 5) is 16.8. The average Bonchev–Trinajstić information content (AvgIpc) is 3.45. The number of nitrogens with one attached hydrogen (secondary N) is 1. The Morgan fingerprint density at radius 1 is 1.03 bits per heavy atom. The lowest BCUT2D eigenvalue weighted by Crippen LogP contribution is -2.01. The van der Waals surface area contributed by atoms with Gasteiger partial charge in [0, 0.05) is 36.3 Å². The number of carbonyl (C=O) groups is 1. The van der Waals surface area contributed by atoms with Gasteiger partial charge in [0.1, 0.15) is 6.33 Å². The molecule has 0 bridgehead atoms. The number of carbonyl (C=O) groups excluding carboxylic acids is 1. The van der Waals surface area contributed by atoms with E-state index in [-0.39, 0.29) is 17.4 Å². The lowest BCUT2D eigenvalue weighted by molar-refractivity contribution is 0.104. The van der Waals surface area contributed by atoms with Crippen LogP contribution in [0.25, 0.3) is 5.76 Å². The van der Waals surface area contributed by atoms with Crippen LogP contribution in [0.1, 0.15) is 32.9 Å². The number of nitrogen functional groups attached to an aromatic ring is 1. The van der Waals surface area contributed by atoms with Crippen LogP contribution in [0.4, 0.5) is 5.69 Å². The van der Waals surface area contributed by atoms with E-state index in [0.717, 1.165) is 23.6 Å². The van der Waals surface area contributed by atoms with Gasteiger partial charge in [-0.25, -0.2) is 4.98 Å². The lowest BCUT2D eigenvalue weighted by Gasteiger charge is -2.04. The molecule has 7 nitrogen and oxygen atoms in total. The molecule has 0 aliphatic rings. The fourth-order valence-corrected chi connectivity index (χ4v) is 3.42. The third-order valence-corrected chi connectivity index (χ3v) is 5.01. The first-order valence-corrected chi connectivity index (χ1v) is 9.96. The Hall–Kier alpha value is -4.13. The molecule has 4 N–H and O–H groups in total. The van der Waals surface area contributed by atoms with Crippen molar-refractivity contribution in [2.24, 2.45) is 0 Å². The van der Waals surface area contributed by atoms with Gasteiger partial charge in [0.05, 0.1) is 0 Å². The van der Waals surface area contributed by atoms with Crippen molar-refractivity contribution in [2.75, 3.05) is 5.73 Å². The van der Waals surface area contributed by atoms with Gasteiger partial charge in [0.25, 0.3) is 0 Å². The molecule has 0 saturated carbocycles. The molecule has 31 heavy (non-hydrogen) atoms. The third kappa shape index (κ3) is 5.08. The van der Waals surface area contributed by atoms with Crippen LogP contribution in [-0.2, 0) is 19.4 Å². The molecule has 0 aliphatic carbocycles. The van der Waals surface area contributed by atoms with E-state index >= 15 is 0 Å². The molecule has 156 valence electrons. The summed E-state index contributed by atoms with van der Waals surface area (Å²) in [6, 6.07) is 17.8. The number of aromatic amines is 1. The number of hydrogen-bond donors (Lipinski definition) is 3. The minimum atomic E-state index is -0.290. The number of allylic oxidation sites excluding steroid dienone is 1. The number of benzene rings is 2.